The number of thioether (sulfide) groups is 1. The van der Waals surface area contributed by atoms with Crippen molar-refractivity contribution in [2.75, 3.05) is 5.75 Å². The van der Waals surface area contributed by atoms with Crippen molar-refractivity contribution in [1.29, 1.82) is 5.26 Å². The van der Waals surface area contributed by atoms with Gasteiger partial charge in [-0.05, 0) is 12.1 Å². The third-order valence-electron chi connectivity index (χ3n) is 2.40. The number of hydrogen-bond donors (Lipinski definition) is 0. The first-order valence-electron chi connectivity index (χ1n) is 5.34. The molecule has 0 aliphatic carbocycles. The molecule has 19 heavy (non-hydrogen) atoms. The summed E-state index contributed by atoms with van der Waals surface area (Å²) in [6, 6.07) is 9.04. The summed E-state index contributed by atoms with van der Waals surface area (Å²) in [7, 11) is 1.74. The average molecular weight is 273 g/mol. The molecule has 1 heterocycles. The minimum absolute atomic E-state index is 0.176. The maximum atomic E-state index is 10.4. The Balaban J connectivity index is 2.31. The van der Waals surface area contributed by atoms with Gasteiger partial charge in [0, 0.05) is 18.4 Å². The normalized spacial score (nSPS) is 10.1. The number of aromatic nitrogens is 3. The Hall–Kier alpha value is -2.33. The second kappa shape index (κ2) is 5.54. The molecule has 0 saturated heterocycles. The van der Waals surface area contributed by atoms with Gasteiger partial charge in [-0.3, -0.25) is 0 Å². The van der Waals surface area contributed by atoms with Crippen LogP contribution in [0.25, 0.3) is 11.4 Å². The highest BCUT2D eigenvalue weighted by Crippen LogP contribution is 2.22. The molecular formula is C12H9N4O2S-. The zero-order valence-electron chi connectivity index (χ0n) is 10.0. The number of benzene rings is 1. The number of nitriles is 1. The van der Waals surface area contributed by atoms with Gasteiger partial charge in [-0.1, -0.05) is 23.9 Å². The Morgan fingerprint density at radius 2 is 2.32 bits per heavy atom. The number of carboxylic acid groups (broad SMARTS) is 1. The maximum absolute atomic E-state index is 10.4. The molecule has 6 nitrogen and oxygen atoms in total. The minimum atomic E-state index is -1.15. The molecule has 96 valence electrons. The second-order valence-electron chi connectivity index (χ2n) is 3.72. The van der Waals surface area contributed by atoms with Crippen molar-refractivity contribution in [3.8, 4) is 17.5 Å². The third kappa shape index (κ3) is 2.92. The molecule has 0 unspecified atom stereocenters. The van der Waals surface area contributed by atoms with E-state index >= 15 is 0 Å². The van der Waals surface area contributed by atoms with Gasteiger partial charge >= 0.3 is 0 Å². The van der Waals surface area contributed by atoms with Gasteiger partial charge in [-0.15, -0.1) is 10.2 Å². The lowest BCUT2D eigenvalue weighted by molar-refractivity contribution is -0.301. The van der Waals surface area contributed by atoms with Crippen LogP contribution in [0.3, 0.4) is 0 Å². The molecule has 2 rings (SSSR count). The first-order chi connectivity index (χ1) is 9.11. The summed E-state index contributed by atoms with van der Waals surface area (Å²) in [4.78, 5) is 10.4. The van der Waals surface area contributed by atoms with Crippen LogP contribution in [-0.4, -0.2) is 26.5 Å². The van der Waals surface area contributed by atoms with E-state index in [1.165, 1.54) is 0 Å². The molecule has 0 aliphatic heterocycles. The Labute approximate surface area is 113 Å². The summed E-state index contributed by atoms with van der Waals surface area (Å²) in [6.07, 6.45) is 0. The zero-order chi connectivity index (χ0) is 13.8. The van der Waals surface area contributed by atoms with Crippen LogP contribution in [0.15, 0.2) is 29.4 Å². The fourth-order valence-electron chi connectivity index (χ4n) is 1.54. The molecule has 1 aromatic heterocycles. The van der Waals surface area contributed by atoms with E-state index in [9.17, 15) is 9.90 Å². The van der Waals surface area contributed by atoms with Crippen molar-refractivity contribution in [1.82, 2.24) is 14.8 Å². The second-order valence-corrected chi connectivity index (χ2v) is 4.66. The molecule has 0 aliphatic rings. The molecule has 0 bridgehead atoms. The predicted octanol–water partition coefficient (Wildman–Crippen LogP) is 0.196. The van der Waals surface area contributed by atoms with Crippen LogP contribution in [-0.2, 0) is 11.8 Å². The van der Waals surface area contributed by atoms with Crippen LogP contribution >= 0.6 is 11.8 Å². The number of nitrogens with zero attached hydrogens (tertiary/aromatic N) is 4. The summed E-state index contributed by atoms with van der Waals surface area (Å²) < 4.78 is 1.68. The molecule has 0 amide bonds. The Morgan fingerprint density at radius 1 is 1.53 bits per heavy atom. The Kier molecular flexibility index (Phi) is 3.82. The van der Waals surface area contributed by atoms with E-state index in [1.807, 2.05) is 6.07 Å². The van der Waals surface area contributed by atoms with Crippen molar-refractivity contribution >= 4 is 17.7 Å². The van der Waals surface area contributed by atoms with Gasteiger partial charge in [-0.2, -0.15) is 5.26 Å². The van der Waals surface area contributed by atoms with Crippen molar-refractivity contribution in [2.24, 2.45) is 7.05 Å². The van der Waals surface area contributed by atoms with Gasteiger partial charge in [0.05, 0.1) is 17.6 Å². The number of carbonyl (C=O) groups excluding carboxylic acids is 1. The van der Waals surface area contributed by atoms with Crippen LogP contribution in [0.1, 0.15) is 5.56 Å². The van der Waals surface area contributed by atoms with Gasteiger partial charge in [0.25, 0.3) is 0 Å². The van der Waals surface area contributed by atoms with E-state index in [4.69, 9.17) is 5.26 Å². The van der Waals surface area contributed by atoms with Gasteiger partial charge in [0.2, 0.25) is 0 Å². The third-order valence-corrected chi connectivity index (χ3v) is 3.40. The summed E-state index contributed by atoms with van der Waals surface area (Å²) in [5.74, 6) is -0.747. The van der Waals surface area contributed by atoms with E-state index in [-0.39, 0.29) is 5.75 Å². The van der Waals surface area contributed by atoms with E-state index < -0.39 is 5.97 Å². The number of rotatable bonds is 4. The molecular weight excluding hydrogens is 264 g/mol. The highest BCUT2D eigenvalue weighted by molar-refractivity contribution is 7.99. The number of carboxylic acids is 1. The van der Waals surface area contributed by atoms with E-state index in [0.717, 1.165) is 17.3 Å². The first-order valence-corrected chi connectivity index (χ1v) is 6.33. The molecule has 0 spiro atoms. The maximum Gasteiger partial charge on any atom is 0.191 e. The summed E-state index contributed by atoms with van der Waals surface area (Å²) in [5.41, 5.74) is 1.29. The minimum Gasteiger partial charge on any atom is -0.549 e. The fraction of sp³-hybridized carbons (Fsp3) is 0.167. The van der Waals surface area contributed by atoms with Crippen LogP contribution in [0.2, 0.25) is 0 Å². The van der Waals surface area contributed by atoms with Gasteiger partial charge < -0.3 is 14.5 Å². The lowest BCUT2D eigenvalue weighted by Gasteiger charge is -2.04. The average Bonchev–Trinajstić information content (AvgIpc) is 2.78. The monoisotopic (exact) mass is 273 g/mol. The highest BCUT2D eigenvalue weighted by Gasteiger charge is 2.11. The summed E-state index contributed by atoms with van der Waals surface area (Å²) >= 11 is 1.04. The van der Waals surface area contributed by atoms with Crippen LogP contribution in [0.5, 0.6) is 0 Å². The van der Waals surface area contributed by atoms with Crippen molar-refractivity contribution in [3.05, 3.63) is 29.8 Å². The van der Waals surface area contributed by atoms with Gasteiger partial charge in [-0.25, -0.2) is 0 Å². The molecule has 0 N–H and O–H groups in total. The largest absolute Gasteiger partial charge is 0.549 e. The summed E-state index contributed by atoms with van der Waals surface area (Å²) in [5, 5.41) is 27.7. The van der Waals surface area contributed by atoms with Crippen molar-refractivity contribution < 1.29 is 9.90 Å². The zero-order valence-corrected chi connectivity index (χ0v) is 10.8. The lowest BCUT2D eigenvalue weighted by atomic mass is 10.1. The predicted molar refractivity (Wildman–Crippen MR) is 66.9 cm³/mol. The lowest BCUT2D eigenvalue weighted by Crippen LogP contribution is -2.24. The molecule has 0 fully saturated rings. The number of carbonyl (C=O) groups is 1. The molecule has 0 radical (unpaired) electrons. The van der Waals surface area contributed by atoms with E-state index in [0.29, 0.717) is 16.5 Å². The standard InChI is InChI=1S/C12H10N4O2S/c1-16-11(9-4-2-3-8(5-9)6-13)14-15-12(16)19-7-10(17)18/h2-5H,7H2,1H3,(H,17,18)/p-1. The smallest absolute Gasteiger partial charge is 0.191 e. The number of hydrogen-bond acceptors (Lipinski definition) is 6. The van der Waals surface area contributed by atoms with Gasteiger partial charge in [0.1, 0.15) is 0 Å². The molecule has 1 aromatic carbocycles. The fourth-order valence-corrected chi connectivity index (χ4v) is 2.17. The van der Waals surface area contributed by atoms with Gasteiger partial charge in [0.15, 0.2) is 11.0 Å². The van der Waals surface area contributed by atoms with Crippen molar-refractivity contribution in [3.63, 3.8) is 0 Å². The van der Waals surface area contributed by atoms with Crippen LogP contribution in [0.4, 0.5) is 0 Å². The molecule has 0 atom stereocenters. The van der Waals surface area contributed by atoms with E-state index in [1.54, 1.807) is 29.8 Å². The van der Waals surface area contributed by atoms with E-state index in [2.05, 4.69) is 16.3 Å². The molecule has 7 heteroatoms. The number of aliphatic carboxylic acids is 1. The van der Waals surface area contributed by atoms with Crippen molar-refractivity contribution in [2.45, 2.75) is 5.16 Å². The van der Waals surface area contributed by atoms with Crippen LogP contribution < -0.4 is 5.11 Å². The highest BCUT2D eigenvalue weighted by atomic mass is 32.2. The summed E-state index contributed by atoms with van der Waals surface area (Å²) in [6.45, 7) is 0. The first kappa shape index (κ1) is 13.1. The Bertz CT molecular complexity index is 660. The Morgan fingerprint density at radius 3 is 3.00 bits per heavy atom. The van der Waals surface area contributed by atoms with Crippen LogP contribution in [0, 0.1) is 11.3 Å². The topological polar surface area (TPSA) is 94.6 Å². The quantitative estimate of drug-likeness (QED) is 0.738. The molecule has 0 saturated carbocycles. The SMILES string of the molecule is Cn1c(SCC(=O)[O-])nnc1-c1cccc(C#N)c1. The molecule has 2 aromatic rings.